The number of rotatable bonds is 3. The third-order valence-electron chi connectivity index (χ3n) is 6.31. The Hall–Kier alpha value is -2.44. The van der Waals surface area contributed by atoms with Gasteiger partial charge in [0.2, 0.25) is 12.7 Å². The number of thiol groups is 1. The molecular weight excluding hydrogens is 394 g/mol. The van der Waals surface area contributed by atoms with Gasteiger partial charge in [-0.2, -0.15) is 5.26 Å². The van der Waals surface area contributed by atoms with Gasteiger partial charge in [0.15, 0.2) is 16.4 Å². The Bertz CT molecular complexity index is 945. The Labute approximate surface area is 174 Å². The number of carbonyl (C=O) groups excluding carboxylic acids is 2. The molecule has 1 unspecified atom stereocenters. The molecule has 154 valence electrons. The molecular formula is C20H23N3O5S. The quantitative estimate of drug-likeness (QED) is 0.753. The van der Waals surface area contributed by atoms with Crippen LogP contribution in [-0.2, 0) is 14.3 Å². The average Bonchev–Trinajstić information content (AvgIpc) is 3.26. The molecule has 2 saturated heterocycles. The molecule has 2 amide bonds. The molecule has 3 aliphatic rings. The molecule has 0 aliphatic carbocycles. The van der Waals surface area contributed by atoms with E-state index >= 15 is 0 Å². The van der Waals surface area contributed by atoms with Gasteiger partial charge in [0, 0.05) is 20.6 Å². The Morgan fingerprint density at radius 2 is 1.97 bits per heavy atom. The zero-order valence-corrected chi connectivity index (χ0v) is 17.7. The molecule has 29 heavy (non-hydrogen) atoms. The Kier molecular flexibility index (Phi) is 4.30. The van der Waals surface area contributed by atoms with Gasteiger partial charge in [-0.15, -0.1) is 12.6 Å². The van der Waals surface area contributed by atoms with Crippen LogP contribution >= 0.6 is 12.6 Å². The molecule has 1 aromatic carbocycles. The first kappa shape index (κ1) is 19.9. The Morgan fingerprint density at radius 3 is 2.62 bits per heavy atom. The van der Waals surface area contributed by atoms with Crippen molar-refractivity contribution in [2.24, 2.45) is 5.41 Å². The van der Waals surface area contributed by atoms with Gasteiger partial charge in [-0.3, -0.25) is 9.59 Å². The van der Waals surface area contributed by atoms with Gasteiger partial charge in [-0.05, 0) is 31.5 Å². The fourth-order valence-electron chi connectivity index (χ4n) is 4.58. The lowest BCUT2D eigenvalue weighted by Crippen LogP contribution is -2.70. The average molecular weight is 417 g/mol. The number of fused-ring (bicyclic) bond motifs is 2. The summed E-state index contributed by atoms with van der Waals surface area (Å²) < 4.78 is 16.3. The van der Waals surface area contributed by atoms with Gasteiger partial charge in [0.05, 0.1) is 18.7 Å². The van der Waals surface area contributed by atoms with Crippen molar-refractivity contribution in [2.45, 2.75) is 36.7 Å². The van der Waals surface area contributed by atoms with Gasteiger partial charge >= 0.3 is 0 Å². The molecule has 2 fully saturated rings. The third-order valence-corrected chi connectivity index (χ3v) is 6.87. The van der Waals surface area contributed by atoms with Crippen molar-refractivity contribution in [3.63, 3.8) is 0 Å². The number of amides is 2. The van der Waals surface area contributed by atoms with E-state index in [0.29, 0.717) is 17.1 Å². The molecule has 3 aliphatic heterocycles. The smallest absolute Gasteiger partial charge is 0.259 e. The molecule has 0 saturated carbocycles. The number of nitriles is 1. The van der Waals surface area contributed by atoms with E-state index in [0.717, 1.165) is 0 Å². The number of carbonyl (C=O) groups is 2. The minimum atomic E-state index is -1.45. The zero-order valence-electron chi connectivity index (χ0n) is 16.8. The zero-order chi connectivity index (χ0) is 21.2. The molecule has 0 aromatic heterocycles. The van der Waals surface area contributed by atoms with E-state index in [2.05, 4.69) is 6.07 Å². The molecule has 0 spiro atoms. The van der Waals surface area contributed by atoms with Crippen LogP contribution in [0.3, 0.4) is 0 Å². The SMILES string of the molecule is COC[C@]1(C#N)CC2(S)C(=O)N(C)C(C)(C)C(=O)N2[C@H]1c1ccc2c(c1)OCO2. The van der Waals surface area contributed by atoms with Crippen LogP contribution in [0, 0.1) is 16.7 Å². The van der Waals surface area contributed by atoms with Crippen LogP contribution in [0.15, 0.2) is 18.2 Å². The Morgan fingerprint density at radius 1 is 1.28 bits per heavy atom. The topological polar surface area (TPSA) is 92.1 Å². The highest BCUT2D eigenvalue weighted by molar-refractivity contribution is 7.82. The lowest BCUT2D eigenvalue weighted by molar-refractivity contribution is -0.168. The number of benzene rings is 1. The molecule has 3 atom stereocenters. The normalized spacial score (nSPS) is 32.3. The van der Waals surface area contributed by atoms with Crippen molar-refractivity contribution in [3.8, 4) is 17.6 Å². The molecule has 0 bridgehead atoms. The van der Waals surface area contributed by atoms with Gasteiger partial charge < -0.3 is 24.0 Å². The number of ether oxygens (including phenoxy) is 3. The van der Waals surface area contributed by atoms with Crippen molar-refractivity contribution in [1.29, 1.82) is 5.26 Å². The fraction of sp³-hybridized carbons (Fsp3) is 0.550. The summed E-state index contributed by atoms with van der Waals surface area (Å²) in [5.74, 6) is 0.546. The fourth-order valence-corrected chi connectivity index (χ4v) is 5.22. The summed E-state index contributed by atoms with van der Waals surface area (Å²) in [6.45, 7) is 3.55. The standard InChI is InChI=1S/C20H23N3O5S/c1-18(2)16(24)23-15(12-5-6-13-14(7-12)28-11-27-13)19(9-21,10-26-4)8-20(23,29)17(25)22(18)3/h5-7,15,29H,8,10-11H2,1-4H3/t15-,19+,20?/m0/s1. The highest BCUT2D eigenvalue weighted by Crippen LogP contribution is 2.59. The molecule has 0 N–H and O–H groups in total. The van der Waals surface area contributed by atoms with Crippen LogP contribution in [0.2, 0.25) is 0 Å². The summed E-state index contributed by atoms with van der Waals surface area (Å²) in [4.78, 5) is 28.3. The molecule has 8 nitrogen and oxygen atoms in total. The summed E-state index contributed by atoms with van der Waals surface area (Å²) in [7, 11) is 3.09. The van der Waals surface area contributed by atoms with E-state index in [9.17, 15) is 14.9 Å². The van der Waals surface area contributed by atoms with Gasteiger partial charge in [0.25, 0.3) is 5.91 Å². The molecule has 4 rings (SSSR count). The van der Waals surface area contributed by atoms with Crippen LogP contribution in [0.5, 0.6) is 11.5 Å². The minimum Gasteiger partial charge on any atom is -0.454 e. The second-order valence-electron chi connectivity index (χ2n) is 8.31. The largest absolute Gasteiger partial charge is 0.454 e. The van der Waals surface area contributed by atoms with E-state index in [-0.39, 0.29) is 31.6 Å². The van der Waals surface area contributed by atoms with Crippen LogP contribution in [-0.4, -0.2) is 59.6 Å². The minimum absolute atomic E-state index is 0.0477. The molecule has 1 aromatic rings. The summed E-state index contributed by atoms with van der Waals surface area (Å²) in [5.41, 5.74) is -1.56. The highest BCUT2D eigenvalue weighted by atomic mass is 32.1. The van der Waals surface area contributed by atoms with Gasteiger partial charge in [-0.25, -0.2) is 0 Å². The van der Waals surface area contributed by atoms with Gasteiger partial charge in [-0.1, -0.05) is 6.07 Å². The summed E-state index contributed by atoms with van der Waals surface area (Å²) in [6.07, 6.45) is 0.0531. The maximum atomic E-state index is 13.6. The van der Waals surface area contributed by atoms with E-state index in [4.69, 9.17) is 26.8 Å². The van der Waals surface area contributed by atoms with Crippen molar-refractivity contribution in [2.75, 3.05) is 27.6 Å². The third kappa shape index (κ3) is 2.49. The predicted molar refractivity (Wildman–Crippen MR) is 105 cm³/mol. The van der Waals surface area contributed by atoms with Crippen LogP contribution < -0.4 is 9.47 Å². The first-order valence-corrected chi connectivity index (χ1v) is 9.71. The van der Waals surface area contributed by atoms with Crippen LogP contribution in [0.4, 0.5) is 0 Å². The first-order valence-electron chi connectivity index (χ1n) is 9.26. The number of methoxy groups -OCH3 is 1. The molecule has 0 radical (unpaired) electrons. The van der Waals surface area contributed by atoms with Gasteiger partial charge in [0.1, 0.15) is 11.0 Å². The predicted octanol–water partition coefficient (Wildman–Crippen LogP) is 1.72. The number of piperazine rings is 1. The number of hydrogen-bond acceptors (Lipinski definition) is 7. The van der Waals surface area contributed by atoms with Crippen molar-refractivity contribution < 1.29 is 23.8 Å². The van der Waals surface area contributed by atoms with Crippen molar-refractivity contribution in [1.82, 2.24) is 9.80 Å². The van der Waals surface area contributed by atoms with Crippen molar-refractivity contribution >= 4 is 24.4 Å². The van der Waals surface area contributed by atoms with E-state index in [1.807, 2.05) is 0 Å². The monoisotopic (exact) mass is 417 g/mol. The summed E-state index contributed by atoms with van der Waals surface area (Å²) in [6, 6.07) is 6.92. The first-order chi connectivity index (χ1) is 13.6. The maximum Gasteiger partial charge on any atom is 0.259 e. The number of hydrogen-bond donors (Lipinski definition) is 1. The van der Waals surface area contributed by atoms with E-state index in [1.165, 1.54) is 16.9 Å². The lowest BCUT2D eigenvalue weighted by Gasteiger charge is -2.51. The second-order valence-corrected chi connectivity index (χ2v) is 9.05. The molecule has 9 heteroatoms. The second kappa shape index (κ2) is 6.28. The number of nitrogens with zero attached hydrogens (tertiary/aromatic N) is 3. The van der Waals surface area contributed by atoms with Crippen LogP contribution in [0.1, 0.15) is 31.9 Å². The van der Waals surface area contributed by atoms with E-state index < -0.39 is 21.9 Å². The summed E-state index contributed by atoms with van der Waals surface area (Å²) >= 11 is 4.70. The summed E-state index contributed by atoms with van der Waals surface area (Å²) in [5, 5.41) is 10.2. The Balaban J connectivity index is 1.93. The maximum absolute atomic E-state index is 13.6. The lowest BCUT2D eigenvalue weighted by atomic mass is 9.78. The van der Waals surface area contributed by atoms with Crippen LogP contribution in [0.25, 0.3) is 0 Å². The van der Waals surface area contributed by atoms with E-state index in [1.54, 1.807) is 39.1 Å². The molecule has 3 heterocycles. The number of likely N-dealkylation sites (N-methyl/N-ethyl adjacent to an activating group) is 1. The highest BCUT2D eigenvalue weighted by Gasteiger charge is 2.69. The van der Waals surface area contributed by atoms with Crippen molar-refractivity contribution in [3.05, 3.63) is 23.8 Å².